The first-order valence-corrected chi connectivity index (χ1v) is 9.61. The quantitative estimate of drug-likeness (QED) is 0.865. The number of rotatable bonds is 3. The molecule has 2 aliphatic rings. The molecule has 1 saturated carbocycles. The van der Waals surface area contributed by atoms with Crippen molar-refractivity contribution in [2.24, 2.45) is 21.5 Å². The van der Waals surface area contributed by atoms with Gasteiger partial charge in [-0.25, -0.2) is 4.99 Å². The van der Waals surface area contributed by atoms with Gasteiger partial charge in [0.1, 0.15) is 11.4 Å². The Morgan fingerprint density at radius 3 is 2.46 bits per heavy atom. The molecule has 4 N–H and O–H groups in total. The molecule has 0 amide bonds. The fourth-order valence-electron chi connectivity index (χ4n) is 3.78. The van der Waals surface area contributed by atoms with Gasteiger partial charge in [-0.1, -0.05) is 43.5 Å². The molecule has 1 aliphatic carbocycles. The van der Waals surface area contributed by atoms with E-state index in [0.29, 0.717) is 35.5 Å². The second-order valence-electron chi connectivity index (χ2n) is 7.44. The maximum atomic E-state index is 6.42. The topological polar surface area (TPSA) is 86.0 Å². The molecule has 0 radical (unpaired) electrons. The van der Waals surface area contributed by atoms with Crippen LogP contribution in [-0.4, -0.2) is 23.9 Å². The maximum absolute atomic E-state index is 6.42. The van der Waals surface area contributed by atoms with Crippen LogP contribution in [0.25, 0.3) is 0 Å². The van der Waals surface area contributed by atoms with Crippen molar-refractivity contribution in [2.75, 3.05) is 6.54 Å². The number of benzene rings is 1. The van der Waals surface area contributed by atoms with Gasteiger partial charge in [-0.05, 0) is 45.1 Å². The number of hydrogen-bond donors (Lipinski definition) is 2. The molecule has 140 valence electrons. The lowest BCUT2D eigenvalue weighted by Crippen LogP contribution is -2.52. The van der Waals surface area contributed by atoms with Crippen LogP contribution in [0.4, 0.5) is 0 Å². The molecule has 0 aromatic heterocycles. The highest BCUT2D eigenvalue weighted by atomic mass is 16.5. The van der Waals surface area contributed by atoms with Gasteiger partial charge in [0.15, 0.2) is 0 Å². The van der Waals surface area contributed by atoms with Gasteiger partial charge in [0.25, 0.3) is 0 Å². The van der Waals surface area contributed by atoms with Crippen molar-refractivity contribution in [3.8, 4) is 0 Å². The molecule has 5 nitrogen and oxygen atoms in total. The van der Waals surface area contributed by atoms with Gasteiger partial charge < -0.3 is 10.5 Å². The highest BCUT2D eigenvalue weighted by molar-refractivity contribution is 6.13. The summed E-state index contributed by atoms with van der Waals surface area (Å²) in [4.78, 5) is 9.09. The van der Waals surface area contributed by atoms with E-state index in [1.165, 1.54) is 37.7 Å². The summed E-state index contributed by atoms with van der Waals surface area (Å²) >= 11 is 0. The zero-order valence-corrected chi connectivity index (χ0v) is 16.1. The zero-order chi connectivity index (χ0) is 18.7. The second-order valence-corrected chi connectivity index (χ2v) is 7.44. The van der Waals surface area contributed by atoms with E-state index in [0.717, 1.165) is 5.56 Å². The van der Waals surface area contributed by atoms with E-state index < -0.39 is 5.72 Å². The molecular weight excluding hydrogens is 324 g/mol. The van der Waals surface area contributed by atoms with Crippen LogP contribution in [-0.2, 0) is 4.74 Å². The average molecular weight is 354 g/mol. The molecule has 1 aromatic rings. The largest absolute Gasteiger partial charge is 0.449 e. The lowest BCUT2D eigenvalue weighted by molar-refractivity contribution is 0.150. The van der Waals surface area contributed by atoms with Crippen LogP contribution in [0.3, 0.4) is 0 Å². The zero-order valence-electron chi connectivity index (χ0n) is 16.1. The Bertz CT molecular complexity index is 734. The number of ether oxygens (including phenoxy) is 1. The Kier molecular flexibility index (Phi) is 5.47. The third-order valence-electron chi connectivity index (χ3n) is 5.14. The minimum Gasteiger partial charge on any atom is -0.449 e. The number of allylic oxidation sites excluding steroid dienone is 1. The molecule has 1 unspecified atom stereocenters. The van der Waals surface area contributed by atoms with Crippen LogP contribution in [0.2, 0.25) is 0 Å². The van der Waals surface area contributed by atoms with E-state index in [-0.39, 0.29) is 0 Å². The van der Waals surface area contributed by atoms with Crippen LogP contribution in [0.5, 0.6) is 0 Å². The summed E-state index contributed by atoms with van der Waals surface area (Å²) in [7, 11) is 0. The van der Waals surface area contributed by atoms with E-state index in [1.54, 1.807) is 6.92 Å². The molecule has 1 atom stereocenters. The Morgan fingerprint density at radius 2 is 1.88 bits per heavy atom. The standard InChI is InChI=1S/C21H30N4O/c1-4-24-20-18(14(2)22)25-19(21(3,23)26-20)17-12-10-16(11-13-17)15-8-6-5-7-9-15/h10-13,15H,4-9,22-23H2,1-3H3/b18-14-,24-20?. The number of aliphatic imine (C=N–C) groups is 2. The van der Waals surface area contributed by atoms with Gasteiger partial charge in [-0.3, -0.25) is 10.7 Å². The van der Waals surface area contributed by atoms with Crippen molar-refractivity contribution in [1.82, 2.24) is 0 Å². The highest BCUT2D eigenvalue weighted by Crippen LogP contribution is 2.33. The smallest absolute Gasteiger partial charge is 0.239 e. The van der Waals surface area contributed by atoms with Gasteiger partial charge in [-0.2, -0.15) is 0 Å². The molecule has 1 fully saturated rings. The minimum atomic E-state index is -1.04. The SMILES string of the molecule is CCN=C1OC(C)(N)C(c2ccc(C3CCCCC3)cc2)=N/C1=C(/C)N. The summed E-state index contributed by atoms with van der Waals surface area (Å²) < 4.78 is 5.96. The molecular formula is C21H30N4O. The third-order valence-corrected chi connectivity index (χ3v) is 5.14. The van der Waals surface area contributed by atoms with Crippen molar-refractivity contribution in [1.29, 1.82) is 0 Å². The first-order valence-electron chi connectivity index (χ1n) is 9.61. The van der Waals surface area contributed by atoms with Gasteiger partial charge in [0, 0.05) is 17.8 Å². The van der Waals surface area contributed by atoms with E-state index in [2.05, 4.69) is 29.3 Å². The highest BCUT2D eigenvalue weighted by Gasteiger charge is 2.36. The van der Waals surface area contributed by atoms with Gasteiger partial charge in [0.2, 0.25) is 11.6 Å². The summed E-state index contributed by atoms with van der Waals surface area (Å²) in [6, 6.07) is 8.61. The molecule has 26 heavy (non-hydrogen) atoms. The van der Waals surface area contributed by atoms with Crippen LogP contribution in [0.15, 0.2) is 45.6 Å². The number of nitrogens with two attached hydrogens (primary N) is 2. The molecule has 1 aliphatic heterocycles. The Labute approximate surface area is 156 Å². The average Bonchev–Trinajstić information content (AvgIpc) is 2.62. The lowest BCUT2D eigenvalue weighted by atomic mass is 9.83. The van der Waals surface area contributed by atoms with E-state index in [1.807, 2.05) is 13.8 Å². The van der Waals surface area contributed by atoms with Crippen molar-refractivity contribution < 1.29 is 4.74 Å². The van der Waals surface area contributed by atoms with E-state index >= 15 is 0 Å². The minimum absolute atomic E-state index is 0.417. The number of hydrogen-bond acceptors (Lipinski definition) is 5. The van der Waals surface area contributed by atoms with Gasteiger partial charge in [0.05, 0.1) is 0 Å². The Morgan fingerprint density at radius 1 is 1.23 bits per heavy atom. The normalized spacial score (nSPS) is 27.8. The molecule has 0 saturated heterocycles. The molecule has 0 spiro atoms. The van der Waals surface area contributed by atoms with Crippen molar-refractivity contribution in [3.63, 3.8) is 0 Å². The predicted octanol–water partition coefficient (Wildman–Crippen LogP) is 3.84. The first kappa shape index (κ1) is 18.6. The molecule has 1 heterocycles. The summed E-state index contributed by atoms with van der Waals surface area (Å²) in [5.41, 5.74) is 15.6. The van der Waals surface area contributed by atoms with Crippen LogP contribution in [0, 0.1) is 0 Å². The van der Waals surface area contributed by atoms with E-state index in [4.69, 9.17) is 21.2 Å². The summed E-state index contributed by atoms with van der Waals surface area (Å²) in [6.07, 6.45) is 6.60. The molecule has 5 heteroatoms. The third kappa shape index (κ3) is 3.83. The fourth-order valence-corrected chi connectivity index (χ4v) is 3.78. The van der Waals surface area contributed by atoms with Crippen molar-refractivity contribution in [3.05, 3.63) is 46.8 Å². The second kappa shape index (κ2) is 7.62. The summed E-state index contributed by atoms with van der Waals surface area (Å²) in [6.45, 7) is 6.14. The maximum Gasteiger partial charge on any atom is 0.239 e. The summed E-state index contributed by atoms with van der Waals surface area (Å²) in [5, 5.41) is 0. The lowest BCUT2D eigenvalue weighted by Gasteiger charge is -2.33. The summed E-state index contributed by atoms with van der Waals surface area (Å²) in [5.74, 6) is 1.09. The van der Waals surface area contributed by atoms with Crippen molar-refractivity contribution >= 4 is 11.6 Å². The fraction of sp³-hybridized carbons (Fsp3) is 0.524. The molecule has 3 rings (SSSR count). The first-order chi connectivity index (χ1) is 12.4. The Balaban J connectivity index is 1.95. The van der Waals surface area contributed by atoms with Crippen LogP contribution in [0.1, 0.15) is 69.9 Å². The molecule has 0 bridgehead atoms. The number of nitrogens with zero attached hydrogens (tertiary/aromatic N) is 2. The van der Waals surface area contributed by atoms with E-state index in [9.17, 15) is 0 Å². The van der Waals surface area contributed by atoms with Crippen molar-refractivity contribution in [2.45, 2.75) is 64.5 Å². The Hall–Kier alpha value is -2.14. The van der Waals surface area contributed by atoms with Crippen LogP contribution < -0.4 is 11.5 Å². The van der Waals surface area contributed by atoms with Gasteiger partial charge in [-0.15, -0.1) is 0 Å². The predicted molar refractivity (Wildman–Crippen MR) is 107 cm³/mol. The van der Waals surface area contributed by atoms with Gasteiger partial charge >= 0.3 is 0 Å². The molecule has 1 aromatic carbocycles. The van der Waals surface area contributed by atoms with Crippen LogP contribution >= 0.6 is 0 Å². The monoisotopic (exact) mass is 354 g/mol.